The molecule has 0 bridgehead atoms. The van der Waals surface area contributed by atoms with Crippen molar-refractivity contribution in [3.63, 3.8) is 0 Å². The van der Waals surface area contributed by atoms with E-state index in [-0.39, 0.29) is 18.1 Å². The highest BCUT2D eigenvalue weighted by atomic mass is 16.5. The molecule has 0 aromatic heterocycles. The van der Waals surface area contributed by atoms with Crippen molar-refractivity contribution in [2.45, 2.75) is 50.6 Å². The van der Waals surface area contributed by atoms with E-state index in [0.29, 0.717) is 47.6 Å². The Morgan fingerprint density at radius 2 is 1.04 bits per heavy atom. The third-order valence-corrected chi connectivity index (χ3v) is 14.1. The molecule has 396 valence electrons. The Morgan fingerprint density at radius 3 is 1.50 bits per heavy atom. The average molecular weight is 1000 g/mol. The van der Waals surface area contributed by atoms with Crippen molar-refractivity contribution < 1.29 is 47.8 Å². The lowest BCUT2D eigenvalue weighted by Gasteiger charge is -2.32. The molecule has 8 rings (SSSR count). The van der Waals surface area contributed by atoms with Gasteiger partial charge in [-0.15, -0.1) is 0 Å². The van der Waals surface area contributed by atoms with Crippen LogP contribution in [0, 0.1) is 0 Å². The van der Waals surface area contributed by atoms with Gasteiger partial charge in [0.25, 0.3) is 0 Å². The van der Waals surface area contributed by atoms with Gasteiger partial charge in [-0.05, 0) is 129 Å². The molecule has 2 atom stereocenters. The van der Waals surface area contributed by atoms with Crippen LogP contribution >= 0.6 is 0 Å². The van der Waals surface area contributed by atoms with Gasteiger partial charge in [-0.2, -0.15) is 0 Å². The molecule has 4 aliphatic rings. The Labute approximate surface area is 427 Å². The van der Waals surface area contributed by atoms with Gasteiger partial charge in [0.2, 0.25) is 11.5 Å². The predicted octanol–water partition coefficient (Wildman–Crippen LogP) is 6.26. The molecule has 0 saturated carbocycles. The summed E-state index contributed by atoms with van der Waals surface area (Å²) in [5, 5.41) is 14.9. The molecular formula is C55H81N7O10. The molecule has 5 N–H and O–H groups in total. The number of fused-ring (bicyclic) bond motifs is 6. The molecule has 4 aromatic carbocycles. The SMILES string of the molecule is CN1CCN(CCCO)CC1.COc1ccc2c(c1)[C@@H](N)CCc1cc(OC)c(OC)c(OC)c1-2.COc1ccc2c(c1)[C@@H](NC(=O)NCCCN1CCN(C)CC1)CCc1cc(OC)c(OC)c(OC)c1-2. The van der Waals surface area contributed by atoms with E-state index in [1.807, 2.05) is 48.5 Å². The van der Waals surface area contributed by atoms with Crippen LogP contribution in [-0.2, 0) is 12.8 Å². The Kier molecular flexibility index (Phi) is 21.2. The lowest BCUT2D eigenvalue weighted by Crippen LogP contribution is -2.45. The maximum atomic E-state index is 12.9. The molecule has 72 heavy (non-hydrogen) atoms. The Bertz CT molecular complexity index is 2370. The number of rotatable bonds is 16. The molecule has 2 aliphatic heterocycles. The molecule has 2 heterocycles. The largest absolute Gasteiger partial charge is 0.497 e. The third-order valence-electron chi connectivity index (χ3n) is 14.1. The van der Waals surface area contributed by atoms with Crippen molar-refractivity contribution in [1.82, 2.24) is 30.2 Å². The van der Waals surface area contributed by atoms with Gasteiger partial charge < -0.3 is 79.0 Å². The molecule has 2 amide bonds. The van der Waals surface area contributed by atoms with Crippen LogP contribution in [0.25, 0.3) is 22.3 Å². The first-order valence-electron chi connectivity index (χ1n) is 25.2. The van der Waals surface area contributed by atoms with E-state index in [1.54, 1.807) is 56.9 Å². The highest BCUT2D eigenvalue weighted by Gasteiger charge is 2.31. The zero-order valence-corrected chi connectivity index (χ0v) is 44.5. The number of aliphatic hydroxyl groups excluding tert-OH is 1. The minimum absolute atomic E-state index is 0.0656. The summed E-state index contributed by atoms with van der Waals surface area (Å²) in [7, 11) is 17.4. The number of hydrogen-bond acceptors (Lipinski definition) is 15. The lowest BCUT2D eigenvalue weighted by atomic mass is 9.93. The molecule has 2 saturated heterocycles. The molecule has 17 nitrogen and oxygen atoms in total. The van der Waals surface area contributed by atoms with Crippen molar-refractivity contribution in [3.8, 4) is 68.2 Å². The van der Waals surface area contributed by atoms with Crippen LogP contribution in [0.1, 0.15) is 60.0 Å². The molecule has 2 aliphatic carbocycles. The molecule has 0 radical (unpaired) electrons. The van der Waals surface area contributed by atoms with Crippen LogP contribution in [0.4, 0.5) is 4.79 Å². The number of piperazine rings is 2. The number of aliphatic hydroxyl groups is 1. The maximum Gasteiger partial charge on any atom is 0.315 e. The van der Waals surface area contributed by atoms with Crippen molar-refractivity contribution in [2.75, 3.05) is 150 Å². The fourth-order valence-electron chi connectivity index (χ4n) is 10.0. The normalized spacial score (nSPS) is 17.8. The first-order valence-corrected chi connectivity index (χ1v) is 25.2. The summed E-state index contributed by atoms with van der Waals surface area (Å²) in [6, 6.07) is 15.5. The minimum Gasteiger partial charge on any atom is -0.497 e. The number of methoxy groups -OCH3 is 8. The summed E-state index contributed by atoms with van der Waals surface area (Å²) in [4.78, 5) is 22.5. The van der Waals surface area contributed by atoms with Crippen LogP contribution < -0.4 is 54.3 Å². The number of nitrogens with one attached hydrogen (secondary N) is 2. The highest BCUT2D eigenvalue weighted by Crippen LogP contribution is 2.52. The summed E-state index contributed by atoms with van der Waals surface area (Å²) >= 11 is 0. The number of nitrogens with two attached hydrogens (primary N) is 1. The van der Waals surface area contributed by atoms with Crippen LogP contribution in [0.3, 0.4) is 0 Å². The van der Waals surface area contributed by atoms with Gasteiger partial charge in [-0.1, -0.05) is 12.1 Å². The first-order chi connectivity index (χ1) is 34.9. The quantitative estimate of drug-likeness (QED) is 0.0926. The second kappa shape index (κ2) is 27.4. The second-order valence-electron chi connectivity index (χ2n) is 18.6. The zero-order chi connectivity index (χ0) is 51.7. The minimum atomic E-state index is -0.197. The van der Waals surface area contributed by atoms with E-state index >= 15 is 0 Å². The van der Waals surface area contributed by atoms with Gasteiger partial charge in [0.1, 0.15) is 11.5 Å². The number of likely N-dealkylation sites (N-methyl/N-ethyl adjacent to an activating group) is 2. The summed E-state index contributed by atoms with van der Waals surface area (Å²) in [5.41, 5.74) is 14.7. The smallest absolute Gasteiger partial charge is 0.315 e. The first kappa shape index (κ1) is 55.6. The van der Waals surface area contributed by atoms with Gasteiger partial charge in [-0.3, -0.25) is 0 Å². The van der Waals surface area contributed by atoms with Gasteiger partial charge >= 0.3 is 6.03 Å². The monoisotopic (exact) mass is 1000 g/mol. The zero-order valence-electron chi connectivity index (χ0n) is 44.5. The van der Waals surface area contributed by atoms with Gasteiger partial charge in [0.15, 0.2) is 23.0 Å². The fraction of sp³-hybridized carbons (Fsp3) is 0.545. The number of nitrogens with zero attached hydrogens (tertiary/aromatic N) is 4. The van der Waals surface area contributed by atoms with Crippen LogP contribution in [0.2, 0.25) is 0 Å². The number of hydrogen-bond donors (Lipinski definition) is 4. The highest BCUT2D eigenvalue weighted by molar-refractivity contribution is 5.85. The van der Waals surface area contributed by atoms with E-state index in [2.05, 4.69) is 44.3 Å². The summed E-state index contributed by atoms with van der Waals surface area (Å²) in [6.07, 6.45) is 4.98. The Hall–Kier alpha value is -5.69. The number of carbonyl (C=O) groups excluding carboxylic acids is 1. The summed E-state index contributed by atoms with van der Waals surface area (Å²) in [5.74, 6) is 5.26. The van der Waals surface area contributed by atoms with Crippen molar-refractivity contribution in [1.29, 1.82) is 0 Å². The number of aryl methyl sites for hydroxylation is 2. The predicted molar refractivity (Wildman–Crippen MR) is 283 cm³/mol. The standard InChI is InChI=1S/C28H40N4O5.C19H23NO4.C8H18N2O/c1-31-13-15-32(16-14-31)12-6-11-29-28(33)30-23-10-7-19-17-24(35-3)26(36-4)27(37-5)25(19)21-9-8-20(34-2)18-22(21)23;1-21-12-6-7-13-14(10-12)15(20)8-5-11-9-16(22-2)18(23-3)19(24-4)17(11)13;1-9-4-6-10(7-5-9)3-2-8-11/h8-9,17-18,23H,6-7,10-16H2,1-5H3,(H2,29,30,33);6-7,9-10,15H,5,8,20H2,1-4H3;11H,2-8H2,1H3/t23-;15-;/m00./s1. The van der Waals surface area contributed by atoms with Gasteiger partial charge in [0, 0.05) is 89.2 Å². The second-order valence-corrected chi connectivity index (χ2v) is 18.6. The molecule has 4 aromatic rings. The molecule has 0 spiro atoms. The van der Waals surface area contributed by atoms with E-state index < -0.39 is 0 Å². The van der Waals surface area contributed by atoms with E-state index in [9.17, 15) is 4.79 Å². The van der Waals surface area contributed by atoms with E-state index in [0.717, 1.165) is 147 Å². The van der Waals surface area contributed by atoms with Crippen molar-refractivity contribution >= 4 is 6.03 Å². The van der Waals surface area contributed by atoms with Gasteiger partial charge in [0.05, 0.1) is 62.9 Å². The average Bonchev–Trinajstić information content (AvgIpc) is 3.65. The number of urea groups is 1. The van der Waals surface area contributed by atoms with E-state index in [1.165, 1.54) is 13.1 Å². The molecular weight excluding hydrogens is 919 g/mol. The van der Waals surface area contributed by atoms with Crippen LogP contribution in [-0.4, -0.2) is 180 Å². The van der Waals surface area contributed by atoms with Crippen molar-refractivity contribution in [3.05, 3.63) is 70.8 Å². The fourth-order valence-corrected chi connectivity index (χ4v) is 10.0. The maximum absolute atomic E-state index is 12.9. The van der Waals surface area contributed by atoms with Crippen molar-refractivity contribution in [2.24, 2.45) is 5.73 Å². The third kappa shape index (κ3) is 13.7. The Morgan fingerprint density at radius 1 is 0.583 bits per heavy atom. The molecule has 2 fully saturated rings. The van der Waals surface area contributed by atoms with Gasteiger partial charge in [-0.25, -0.2) is 4.79 Å². The molecule has 0 unspecified atom stereocenters. The Balaban J connectivity index is 0.000000205. The van der Waals surface area contributed by atoms with E-state index in [4.69, 9.17) is 48.7 Å². The topological polar surface area (TPSA) is 174 Å². The van der Waals surface area contributed by atoms with Crippen LogP contribution in [0.5, 0.6) is 46.0 Å². The summed E-state index contributed by atoms with van der Waals surface area (Å²) < 4.78 is 44.7. The lowest BCUT2D eigenvalue weighted by molar-refractivity contribution is 0.143. The number of ether oxygens (including phenoxy) is 8. The number of amides is 2. The molecule has 17 heteroatoms. The number of carbonyl (C=O) groups is 1. The summed E-state index contributed by atoms with van der Waals surface area (Å²) in [6.45, 7) is 12.1. The van der Waals surface area contributed by atoms with Crippen LogP contribution in [0.15, 0.2) is 48.5 Å². The number of benzene rings is 4.